The summed E-state index contributed by atoms with van der Waals surface area (Å²) in [6.45, 7) is 5.86. The van der Waals surface area contributed by atoms with Gasteiger partial charge in [0, 0.05) is 5.75 Å². The molecule has 0 aromatic rings. The summed E-state index contributed by atoms with van der Waals surface area (Å²) < 4.78 is 0.704. The molecule has 0 rings (SSSR count). The number of rotatable bonds is 5. The predicted octanol–water partition coefficient (Wildman–Crippen LogP) is 3.26. The summed E-state index contributed by atoms with van der Waals surface area (Å²) in [5.41, 5.74) is 0. The fourth-order valence-electron chi connectivity index (χ4n) is 0.222. The molecule has 0 radical (unpaired) electrons. The normalized spacial score (nSPS) is 13.1. The van der Waals surface area contributed by atoms with Crippen molar-refractivity contribution in [3.63, 3.8) is 0 Å². The minimum atomic E-state index is 0.704. The molecule has 0 amide bonds. The highest BCUT2D eigenvalue weighted by atomic mass is 33.1. The second-order valence-electron chi connectivity index (χ2n) is 1.47. The van der Waals surface area contributed by atoms with Crippen LogP contribution in [0.2, 0.25) is 0 Å². The van der Waals surface area contributed by atoms with Gasteiger partial charge in [-0.1, -0.05) is 27.7 Å². The van der Waals surface area contributed by atoms with E-state index in [9.17, 15) is 0 Å². The maximum atomic E-state index is 3.64. The smallest absolute Gasteiger partial charge is 0.0575 e. The monoisotopic (exact) mass is 180 g/mol. The van der Waals surface area contributed by atoms with Crippen LogP contribution in [0.25, 0.3) is 0 Å². The molecule has 0 spiro atoms. The Morgan fingerprint density at radius 1 is 1.67 bits per heavy atom. The van der Waals surface area contributed by atoms with E-state index in [-0.39, 0.29) is 0 Å². The van der Waals surface area contributed by atoms with Crippen LogP contribution in [0, 0.1) is 0 Å². The summed E-state index contributed by atoms with van der Waals surface area (Å²) in [7, 11) is 3.77. The van der Waals surface area contributed by atoms with E-state index in [0.29, 0.717) is 4.58 Å². The van der Waals surface area contributed by atoms with E-state index in [0.717, 1.165) is 5.75 Å². The first-order valence-electron chi connectivity index (χ1n) is 2.73. The summed E-state index contributed by atoms with van der Waals surface area (Å²) >= 11 is 1.88. The van der Waals surface area contributed by atoms with Crippen molar-refractivity contribution in [3.05, 3.63) is 12.7 Å². The van der Waals surface area contributed by atoms with Crippen molar-refractivity contribution >= 4 is 33.3 Å². The molecule has 9 heavy (non-hydrogen) atoms. The van der Waals surface area contributed by atoms with Gasteiger partial charge in [0.05, 0.1) is 4.58 Å². The molecule has 1 unspecified atom stereocenters. The molecule has 0 saturated heterocycles. The Morgan fingerprint density at radius 3 is 2.78 bits per heavy atom. The number of thioether (sulfide) groups is 1. The van der Waals surface area contributed by atoms with Crippen LogP contribution < -0.4 is 0 Å². The summed E-state index contributed by atoms with van der Waals surface area (Å²) in [5.74, 6) is 1.05. The van der Waals surface area contributed by atoms with Gasteiger partial charge in [-0.25, -0.2) is 0 Å². The van der Waals surface area contributed by atoms with Crippen LogP contribution in [0.15, 0.2) is 12.7 Å². The van der Waals surface area contributed by atoms with Gasteiger partial charge in [-0.05, 0) is 13.2 Å². The Labute approximate surface area is 69.6 Å². The molecule has 0 saturated carbocycles. The molecule has 0 fully saturated rings. The third kappa shape index (κ3) is 6.68. The van der Waals surface area contributed by atoms with Crippen LogP contribution in [0.5, 0.6) is 0 Å². The van der Waals surface area contributed by atoms with E-state index in [1.54, 1.807) is 0 Å². The molecule has 0 aliphatic heterocycles. The maximum Gasteiger partial charge on any atom is 0.0575 e. The number of hydrogen-bond donors (Lipinski definition) is 0. The van der Waals surface area contributed by atoms with Crippen LogP contribution >= 0.6 is 33.3 Å². The van der Waals surface area contributed by atoms with E-state index >= 15 is 0 Å². The summed E-state index contributed by atoms with van der Waals surface area (Å²) in [6.07, 6.45) is 4.07. The van der Waals surface area contributed by atoms with Gasteiger partial charge in [0.15, 0.2) is 0 Å². The minimum absolute atomic E-state index is 0.704. The Hall–Kier alpha value is 0.790. The molecule has 0 N–H and O–H groups in total. The summed E-state index contributed by atoms with van der Waals surface area (Å²) in [5, 5.41) is 0. The third-order valence-electron chi connectivity index (χ3n) is 0.721. The topological polar surface area (TPSA) is 0 Å². The van der Waals surface area contributed by atoms with Gasteiger partial charge in [-0.15, -0.1) is 6.58 Å². The van der Waals surface area contributed by atoms with Crippen LogP contribution in [-0.4, -0.2) is 16.6 Å². The van der Waals surface area contributed by atoms with Crippen molar-refractivity contribution in [1.29, 1.82) is 0 Å². The highest BCUT2D eigenvalue weighted by molar-refractivity contribution is 8.78. The predicted molar refractivity (Wildman–Crippen MR) is 53.2 cm³/mol. The average molecular weight is 180 g/mol. The molecule has 0 aromatic carbocycles. The van der Waals surface area contributed by atoms with Crippen LogP contribution in [-0.2, 0) is 0 Å². The minimum Gasteiger partial charge on any atom is -0.150 e. The molecule has 0 heterocycles. The molecule has 0 nitrogen and oxygen atoms in total. The lowest BCUT2D eigenvalue weighted by Crippen LogP contribution is -1.81. The second-order valence-corrected chi connectivity index (χ2v) is 5.70. The molecular formula is C6H12S3. The van der Waals surface area contributed by atoms with Gasteiger partial charge >= 0.3 is 0 Å². The van der Waals surface area contributed by atoms with Gasteiger partial charge in [0.1, 0.15) is 0 Å². The lowest BCUT2D eigenvalue weighted by atomic mass is 10.8. The second kappa shape index (κ2) is 6.90. The quantitative estimate of drug-likeness (QED) is 0.276. The SMILES string of the molecule is C=CCSSC(C)SC. The average Bonchev–Trinajstić information content (AvgIpc) is 1.89. The van der Waals surface area contributed by atoms with Crippen molar-refractivity contribution in [2.45, 2.75) is 11.5 Å². The third-order valence-corrected chi connectivity index (χ3v) is 5.08. The molecule has 1 atom stereocenters. The Morgan fingerprint density at radius 2 is 2.33 bits per heavy atom. The molecule has 54 valence electrons. The van der Waals surface area contributed by atoms with Gasteiger partial charge in [0.2, 0.25) is 0 Å². The first-order valence-corrected chi connectivity index (χ1v) is 6.40. The summed E-state index contributed by atoms with van der Waals surface area (Å²) in [4.78, 5) is 0. The molecular weight excluding hydrogens is 168 g/mol. The van der Waals surface area contributed by atoms with Gasteiger partial charge in [0.25, 0.3) is 0 Å². The Balaban J connectivity index is 2.96. The number of hydrogen-bond acceptors (Lipinski definition) is 3. The molecule has 0 aliphatic carbocycles. The van der Waals surface area contributed by atoms with Crippen LogP contribution in [0.4, 0.5) is 0 Å². The maximum absolute atomic E-state index is 3.64. The highest BCUT2D eigenvalue weighted by Crippen LogP contribution is 2.31. The van der Waals surface area contributed by atoms with Crippen molar-refractivity contribution in [2.75, 3.05) is 12.0 Å². The molecule has 0 bridgehead atoms. The Bertz CT molecular complexity index is 72.7. The van der Waals surface area contributed by atoms with E-state index in [2.05, 4.69) is 19.8 Å². The standard InChI is InChI=1S/C6H12S3/c1-4-5-8-9-6(2)7-3/h4,6H,1,5H2,2-3H3. The zero-order valence-electron chi connectivity index (χ0n) is 5.79. The van der Waals surface area contributed by atoms with Gasteiger partial charge < -0.3 is 0 Å². The van der Waals surface area contributed by atoms with Crippen molar-refractivity contribution in [1.82, 2.24) is 0 Å². The van der Waals surface area contributed by atoms with Crippen LogP contribution in [0.1, 0.15) is 6.92 Å². The van der Waals surface area contributed by atoms with E-state index in [1.807, 2.05) is 39.4 Å². The van der Waals surface area contributed by atoms with E-state index < -0.39 is 0 Å². The highest BCUT2D eigenvalue weighted by Gasteiger charge is 1.96. The Kier molecular flexibility index (Phi) is 7.51. The molecule has 0 aromatic heterocycles. The van der Waals surface area contributed by atoms with Crippen molar-refractivity contribution in [3.8, 4) is 0 Å². The van der Waals surface area contributed by atoms with Gasteiger partial charge in [-0.3, -0.25) is 0 Å². The van der Waals surface area contributed by atoms with E-state index in [1.165, 1.54) is 0 Å². The lowest BCUT2D eigenvalue weighted by Gasteiger charge is -2.03. The van der Waals surface area contributed by atoms with Crippen molar-refractivity contribution in [2.24, 2.45) is 0 Å². The lowest BCUT2D eigenvalue weighted by molar-refractivity contribution is 1.44. The first kappa shape index (κ1) is 9.79. The fraction of sp³-hybridized carbons (Fsp3) is 0.667. The zero-order valence-corrected chi connectivity index (χ0v) is 8.24. The van der Waals surface area contributed by atoms with Crippen molar-refractivity contribution < 1.29 is 0 Å². The van der Waals surface area contributed by atoms with Crippen LogP contribution in [0.3, 0.4) is 0 Å². The van der Waals surface area contributed by atoms with Gasteiger partial charge in [-0.2, -0.15) is 11.8 Å². The largest absolute Gasteiger partial charge is 0.150 e. The zero-order chi connectivity index (χ0) is 7.11. The summed E-state index contributed by atoms with van der Waals surface area (Å²) in [6, 6.07) is 0. The molecule has 3 heteroatoms. The molecule has 0 aliphatic rings. The fourth-order valence-corrected chi connectivity index (χ4v) is 3.21. The van der Waals surface area contributed by atoms with E-state index in [4.69, 9.17) is 0 Å². The first-order chi connectivity index (χ1) is 4.31.